The van der Waals surface area contributed by atoms with E-state index in [2.05, 4.69) is 20.9 Å². The highest BCUT2D eigenvalue weighted by molar-refractivity contribution is 7.13. The number of aryl methyl sites for hydroxylation is 1. The maximum atomic E-state index is 13.3. The normalized spacial score (nSPS) is 17.5. The third kappa shape index (κ3) is 8.42. The molecule has 1 fully saturated rings. The van der Waals surface area contributed by atoms with Crippen LogP contribution in [0, 0.1) is 12.8 Å². The van der Waals surface area contributed by atoms with Crippen molar-refractivity contribution in [3.8, 4) is 0 Å². The summed E-state index contributed by atoms with van der Waals surface area (Å²) in [5, 5.41) is 8.74. The molecule has 0 spiro atoms. The van der Waals surface area contributed by atoms with E-state index in [9.17, 15) is 19.2 Å². The van der Waals surface area contributed by atoms with Crippen molar-refractivity contribution in [3.05, 3.63) is 52.0 Å². The van der Waals surface area contributed by atoms with Gasteiger partial charge in [-0.05, 0) is 18.9 Å². The number of nitrogens with zero attached hydrogens (tertiary/aromatic N) is 1. The Labute approximate surface area is 225 Å². The zero-order valence-electron chi connectivity index (χ0n) is 21.9. The molecule has 1 aromatic heterocycles. The molecule has 2 heterocycles. The van der Waals surface area contributed by atoms with Crippen LogP contribution in [0.4, 0.5) is 0 Å². The van der Waals surface area contributed by atoms with E-state index in [1.165, 1.54) is 31.8 Å². The minimum Gasteiger partial charge on any atom is -0.382 e. The molecule has 1 aliphatic rings. The molecule has 0 radical (unpaired) electrons. The van der Waals surface area contributed by atoms with E-state index in [1.807, 2.05) is 30.3 Å². The van der Waals surface area contributed by atoms with Crippen molar-refractivity contribution < 1.29 is 33.4 Å². The average molecular weight is 547 g/mol. The number of ether oxygens (including phenoxy) is 3. The van der Waals surface area contributed by atoms with Crippen LogP contribution in [0.2, 0.25) is 0 Å². The first-order valence-electron chi connectivity index (χ1n) is 12.2. The van der Waals surface area contributed by atoms with Gasteiger partial charge >= 0.3 is 0 Å². The summed E-state index contributed by atoms with van der Waals surface area (Å²) in [6.07, 6.45) is 1.55. The Morgan fingerprint density at radius 2 is 1.58 bits per heavy atom. The number of carbonyl (C=O) groups excluding carboxylic acids is 4. The largest absolute Gasteiger partial charge is 0.382 e. The zero-order chi connectivity index (χ0) is 27.7. The van der Waals surface area contributed by atoms with E-state index in [-0.39, 0.29) is 31.5 Å². The predicted molar refractivity (Wildman–Crippen MR) is 140 cm³/mol. The van der Waals surface area contributed by atoms with Crippen LogP contribution in [0.1, 0.15) is 27.2 Å². The number of nitrogens with one attached hydrogen (secondary N) is 3. The molecule has 0 aliphatic carbocycles. The second-order valence-electron chi connectivity index (χ2n) is 9.06. The first kappa shape index (κ1) is 29.4. The van der Waals surface area contributed by atoms with Crippen LogP contribution >= 0.6 is 11.3 Å². The molecule has 0 saturated carbocycles. The number of hydrogen-bond acceptors (Lipinski definition) is 9. The van der Waals surface area contributed by atoms with Crippen LogP contribution in [0.25, 0.3) is 0 Å². The van der Waals surface area contributed by atoms with Gasteiger partial charge < -0.3 is 30.2 Å². The van der Waals surface area contributed by atoms with E-state index in [1.54, 1.807) is 13.8 Å². The maximum Gasteiger partial charge on any atom is 0.263 e. The fourth-order valence-electron chi connectivity index (χ4n) is 3.86. The van der Waals surface area contributed by atoms with Crippen LogP contribution in [-0.2, 0) is 35.0 Å². The van der Waals surface area contributed by atoms with Gasteiger partial charge in [0.2, 0.25) is 11.8 Å². The second-order valence-corrected chi connectivity index (χ2v) is 10.3. The maximum absolute atomic E-state index is 13.3. The fourth-order valence-corrected chi connectivity index (χ4v) is 4.54. The Kier molecular flexibility index (Phi) is 10.9. The van der Waals surface area contributed by atoms with Crippen molar-refractivity contribution in [2.75, 3.05) is 34.0 Å². The van der Waals surface area contributed by atoms with Gasteiger partial charge in [-0.1, -0.05) is 37.3 Å². The topological polar surface area (TPSA) is 148 Å². The van der Waals surface area contributed by atoms with Gasteiger partial charge in [-0.3, -0.25) is 19.2 Å². The number of methoxy groups -OCH3 is 2. The van der Waals surface area contributed by atoms with Crippen molar-refractivity contribution in [3.63, 3.8) is 0 Å². The van der Waals surface area contributed by atoms with Crippen molar-refractivity contribution in [2.24, 2.45) is 5.92 Å². The smallest absolute Gasteiger partial charge is 0.263 e. The Bertz CT molecular complexity index is 1110. The lowest BCUT2D eigenvalue weighted by Crippen LogP contribution is -2.58. The lowest BCUT2D eigenvalue weighted by atomic mass is 9.92. The van der Waals surface area contributed by atoms with Gasteiger partial charge in [-0.15, -0.1) is 11.3 Å². The number of epoxide rings is 1. The van der Waals surface area contributed by atoms with E-state index < -0.39 is 41.8 Å². The Hall–Kier alpha value is -3.19. The number of thiazole rings is 1. The van der Waals surface area contributed by atoms with Crippen molar-refractivity contribution in [1.82, 2.24) is 20.9 Å². The summed E-state index contributed by atoms with van der Waals surface area (Å²) in [5.74, 6) is -2.25. The molecule has 206 valence electrons. The molecule has 3 amide bonds. The molecule has 12 heteroatoms. The summed E-state index contributed by atoms with van der Waals surface area (Å²) in [7, 11) is 2.79. The summed E-state index contributed by atoms with van der Waals surface area (Å²) in [6.45, 7) is 3.79. The van der Waals surface area contributed by atoms with Gasteiger partial charge in [0.15, 0.2) is 5.78 Å². The van der Waals surface area contributed by atoms with Gasteiger partial charge in [0.05, 0.1) is 43.2 Å². The van der Waals surface area contributed by atoms with Gasteiger partial charge in [0.25, 0.3) is 5.91 Å². The standard InChI is InChI=1S/C26H34N4O7S/c1-15(21-14-37-21)23(31)18(10-17-8-6-5-7-9-17)28-24(32)19(12-35-3)29-25(33)20(13-36-4)30-26(34)22-11-27-16(2)38-22/h5-9,11,15,18-21H,10,12-14H2,1-4H3,(H,28,32)(H,29,33)(H,30,34)/t15-,18+,19+,20+,21?/m1/s1. The van der Waals surface area contributed by atoms with E-state index in [0.29, 0.717) is 16.5 Å². The summed E-state index contributed by atoms with van der Waals surface area (Å²) in [6, 6.07) is 6.32. The van der Waals surface area contributed by atoms with Crippen LogP contribution < -0.4 is 16.0 Å². The highest BCUT2D eigenvalue weighted by atomic mass is 32.1. The molecule has 5 atom stereocenters. The molecule has 11 nitrogen and oxygen atoms in total. The minimum atomic E-state index is -1.12. The predicted octanol–water partition coefficient (Wildman–Crippen LogP) is 0.659. The van der Waals surface area contributed by atoms with Crippen LogP contribution in [0.5, 0.6) is 0 Å². The molecule has 3 N–H and O–H groups in total. The van der Waals surface area contributed by atoms with E-state index in [4.69, 9.17) is 14.2 Å². The number of amides is 3. The minimum absolute atomic E-state index is 0.120. The molecule has 0 bridgehead atoms. The Morgan fingerprint density at radius 3 is 2.11 bits per heavy atom. The SMILES string of the molecule is COC[C@H](NC(=O)c1cnc(C)s1)C(=O)N[C@@H](COC)C(=O)N[C@@H](Cc1ccccc1)C(=O)[C@H](C)C1CO1. The molecule has 1 saturated heterocycles. The quantitative estimate of drug-likeness (QED) is 0.276. The molecule has 38 heavy (non-hydrogen) atoms. The molecule has 1 aliphatic heterocycles. The number of benzene rings is 1. The first-order chi connectivity index (χ1) is 18.2. The number of rotatable bonds is 15. The molecule has 1 aromatic carbocycles. The zero-order valence-corrected chi connectivity index (χ0v) is 22.7. The third-order valence-corrected chi connectivity index (χ3v) is 6.99. The number of aromatic nitrogens is 1. The number of hydrogen-bond donors (Lipinski definition) is 3. The Morgan fingerprint density at radius 1 is 1.00 bits per heavy atom. The molecule has 2 aromatic rings. The second kappa shape index (κ2) is 14.1. The van der Waals surface area contributed by atoms with Crippen LogP contribution in [0.3, 0.4) is 0 Å². The molecule has 1 unspecified atom stereocenters. The van der Waals surface area contributed by atoms with Gasteiger partial charge in [-0.2, -0.15) is 0 Å². The van der Waals surface area contributed by atoms with E-state index in [0.717, 1.165) is 5.56 Å². The van der Waals surface area contributed by atoms with Gasteiger partial charge in [0.1, 0.15) is 17.0 Å². The van der Waals surface area contributed by atoms with Crippen LogP contribution in [-0.4, -0.2) is 86.8 Å². The van der Waals surface area contributed by atoms with Gasteiger partial charge in [-0.25, -0.2) is 4.98 Å². The van der Waals surface area contributed by atoms with E-state index >= 15 is 0 Å². The molecule has 3 rings (SSSR count). The van der Waals surface area contributed by atoms with Crippen LogP contribution in [0.15, 0.2) is 36.5 Å². The average Bonchev–Trinajstić information content (AvgIpc) is 3.67. The fraction of sp³-hybridized carbons (Fsp3) is 0.500. The Balaban J connectivity index is 1.70. The number of ketones is 1. The van der Waals surface area contributed by atoms with Crippen molar-refractivity contribution in [2.45, 2.75) is 44.5 Å². The summed E-state index contributed by atoms with van der Waals surface area (Å²) < 4.78 is 15.6. The first-order valence-corrected chi connectivity index (χ1v) is 13.1. The summed E-state index contributed by atoms with van der Waals surface area (Å²) in [5.41, 5.74) is 0.878. The van der Waals surface area contributed by atoms with Crippen molar-refractivity contribution in [1.29, 1.82) is 0 Å². The number of carbonyl (C=O) groups is 4. The lowest BCUT2D eigenvalue weighted by Gasteiger charge is -2.25. The highest BCUT2D eigenvalue weighted by Crippen LogP contribution is 2.22. The summed E-state index contributed by atoms with van der Waals surface area (Å²) in [4.78, 5) is 56.6. The van der Waals surface area contributed by atoms with Gasteiger partial charge in [0, 0.05) is 20.1 Å². The highest BCUT2D eigenvalue weighted by Gasteiger charge is 2.38. The molecular formula is C26H34N4O7S. The lowest BCUT2D eigenvalue weighted by molar-refractivity contribution is -0.134. The molecular weight excluding hydrogens is 512 g/mol. The monoisotopic (exact) mass is 546 g/mol. The summed E-state index contributed by atoms with van der Waals surface area (Å²) >= 11 is 1.19. The van der Waals surface area contributed by atoms with Crippen molar-refractivity contribution >= 4 is 34.8 Å². The number of Topliss-reactive ketones (excluding diaryl/α,β-unsaturated/α-hetero) is 1. The third-order valence-electron chi connectivity index (χ3n) is 6.07.